The van der Waals surface area contributed by atoms with E-state index in [-0.39, 0.29) is 17.8 Å². The first-order chi connectivity index (χ1) is 6.58. The van der Waals surface area contributed by atoms with Gasteiger partial charge in [0.1, 0.15) is 0 Å². The summed E-state index contributed by atoms with van der Waals surface area (Å²) in [7, 11) is -2.61. The minimum Gasteiger partial charge on any atom is -0.392 e. The van der Waals surface area contributed by atoms with Crippen LogP contribution in [-0.4, -0.2) is 45.5 Å². The summed E-state index contributed by atoms with van der Waals surface area (Å²) in [5, 5.41) is 16.5. The van der Waals surface area contributed by atoms with Crippen LogP contribution in [0.1, 0.15) is 0 Å². The zero-order valence-electron chi connectivity index (χ0n) is 8.33. The van der Waals surface area contributed by atoms with Crippen LogP contribution in [0.25, 0.3) is 0 Å². The van der Waals surface area contributed by atoms with E-state index in [0.717, 1.165) is 0 Å². The van der Waals surface area contributed by atoms with Gasteiger partial charge in [-0.3, -0.25) is 0 Å². The molecule has 0 aromatic carbocycles. The molecule has 0 spiro atoms. The quantitative estimate of drug-likeness (QED) is 0.321. The molecule has 12 heavy (non-hydrogen) atoms. The maximum Gasteiger partial charge on any atom is 0.0891 e. The van der Waals surface area contributed by atoms with Crippen LogP contribution < -0.4 is 0 Å². The first-order valence-corrected chi connectivity index (χ1v) is 7.22. The smallest absolute Gasteiger partial charge is 0.0891 e. The molecule has 2 atom stereocenters. The molecule has 0 aliphatic heterocycles. The summed E-state index contributed by atoms with van der Waals surface area (Å²) in [5.74, 6) is 0.0533. The van der Waals surface area contributed by atoms with Crippen molar-refractivity contribution >= 4 is 41.1 Å². The number of hydrogen-bond donors (Lipinski definition) is 4. The Bertz CT molecular complexity index is 115. The van der Waals surface area contributed by atoms with Crippen LogP contribution >= 0.6 is 41.1 Å². The molecule has 0 fully saturated rings. The second-order valence-corrected chi connectivity index (χ2v) is 5.23. The lowest BCUT2D eigenvalue weighted by atomic mass is 11.7. The highest BCUT2D eigenvalue weighted by molar-refractivity contribution is 8.03. The van der Waals surface area contributed by atoms with E-state index in [9.17, 15) is 0 Å². The first kappa shape index (κ1) is 11.5. The van der Waals surface area contributed by atoms with Crippen molar-refractivity contribution in [3.8, 4) is 0 Å². The second-order valence-electron chi connectivity index (χ2n) is 1.23. The number of thioether (sulfide) groups is 1. The molecule has 4 N–H and O–H groups in total. The maximum absolute atomic E-state index is 8.31. The lowest BCUT2D eigenvalue weighted by Crippen LogP contribution is -1.74. The average molecular weight is 254 g/mol. The lowest BCUT2D eigenvalue weighted by Gasteiger charge is -1.90. The summed E-state index contributed by atoms with van der Waals surface area (Å²) >= 11 is 1.78. The number of hydrogen-bond acceptors (Lipinski definition) is 6. The molecule has 0 aromatic rings. The Balaban J connectivity index is 0. The molecule has 76 valence electrons. The summed E-state index contributed by atoms with van der Waals surface area (Å²) in [4.78, 5) is 8.10. The van der Waals surface area contributed by atoms with E-state index in [1.807, 2.05) is 0 Å². The Morgan fingerprint density at radius 2 is 2.00 bits per heavy atom. The Kier molecular flexibility index (Phi) is 17.4. The van der Waals surface area contributed by atoms with Gasteiger partial charge in [0.05, 0.1) is 20.3 Å². The molecular formula is C4H14O4P2S2. The maximum atomic E-state index is 8.31. The van der Waals surface area contributed by atoms with Crippen LogP contribution in [0.15, 0.2) is 0 Å². The van der Waals surface area contributed by atoms with Crippen molar-refractivity contribution in [3.05, 3.63) is 0 Å². The molecule has 0 heterocycles. The molecule has 0 aromatic heterocycles. The normalized spacial score (nSPS) is 16.7. The summed E-state index contributed by atoms with van der Waals surface area (Å²) in [6.07, 6.45) is -0.0532. The van der Waals surface area contributed by atoms with E-state index < -0.39 is 17.3 Å². The van der Waals surface area contributed by atoms with Crippen molar-refractivity contribution in [2.75, 3.05) is 23.3 Å². The molecule has 0 amide bonds. The minimum atomic E-state index is -1.64. The van der Waals surface area contributed by atoms with Gasteiger partial charge in [-0.15, -0.1) is 11.8 Å². The van der Waals surface area contributed by atoms with Crippen LogP contribution in [0.4, 0.5) is 0 Å². The van der Waals surface area contributed by atoms with Crippen LogP contribution in [0.3, 0.4) is 0 Å². The highest BCUT2D eigenvalue weighted by Crippen LogP contribution is 2.14. The third-order valence-corrected chi connectivity index (χ3v) is 3.26. The zero-order valence-corrected chi connectivity index (χ0v) is 9.75. The minimum absolute atomic E-state index is 0.0532. The van der Waals surface area contributed by atoms with Crippen molar-refractivity contribution in [1.82, 2.24) is 0 Å². The molecule has 0 saturated heterocycles. The van der Waals surface area contributed by atoms with E-state index in [1.54, 1.807) is 0 Å². The Morgan fingerprint density at radius 1 is 1.33 bits per heavy atom. The van der Waals surface area contributed by atoms with Gasteiger partial charge >= 0.3 is 0 Å². The van der Waals surface area contributed by atoms with Gasteiger partial charge in [0.15, 0.2) is 0 Å². The molecule has 0 radical (unpaired) electrons. The van der Waals surface area contributed by atoms with E-state index in [2.05, 4.69) is 0 Å². The van der Waals surface area contributed by atoms with Crippen LogP contribution in [-0.2, 0) is 0 Å². The summed E-state index contributed by atoms with van der Waals surface area (Å²) < 4.78 is 21.3. The third kappa shape index (κ3) is 22.5. The Morgan fingerprint density at radius 3 is 2.25 bits per heavy atom. The topological polar surface area (TPSA) is 80.9 Å². The molecule has 0 aliphatic carbocycles. The second kappa shape index (κ2) is 18.2. The highest BCUT2D eigenvalue weighted by atomic mass is 32.2. The lowest BCUT2D eigenvalue weighted by molar-refractivity contribution is 0.372. The van der Waals surface area contributed by atoms with Gasteiger partial charge in [-0.05, 0) is 12.0 Å². The fourth-order valence-corrected chi connectivity index (χ4v) is 1.55. The van der Waals surface area contributed by atoms with E-state index in [4.69, 9.17) is 22.2 Å². The average Bonchev–Trinajstić information content (AvgIpc) is 2.15. The monoisotopic (exact) mass is 254 g/mol. The molecule has 0 rings (SSSR count). The predicted octanol–water partition coefficient (Wildman–Crippen LogP) is 0.991. The summed E-state index contributed by atoms with van der Waals surface area (Å²) in [6, 6.07) is 0. The Hall–Kier alpha value is 1.40. The summed E-state index contributed by atoms with van der Waals surface area (Å²) in [6.45, 7) is 0. The SMILES string of the molecule is [2H]P(CO)CSCO.[2H]P(O)CSO. The standard InChI is InChI=1S/C3H9O2PS.CH5O2PS/c4-1-6-3-7-2-5;2-4-1-5-3/h4-6H,1-3H2;2-4H,1H2/i6D;4D. The van der Waals surface area contributed by atoms with Gasteiger partial charge in [-0.25, -0.2) is 0 Å². The highest BCUT2D eigenvalue weighted by Gasteiger charge is 1.80. The number of rotatable bonds is 6. The van der Waals surface area contributed by atoms with E-state index >= 15 is 0 Å². The van der Waals surface area contributed by atoms with E-state index in [1.165, 1.54) is 11.8 Å². The molecule has 0 bridgehead atoms. The van der Waals surface area contributed by atoms with Crippen molar-refractivity contribution in [2.45, 2.75) is 0 Å². The van der Waals surface area contributed by atoms with Gasteiger partial charge < -0.3 is 19.7 Å². The third-order valence-electron chi connectivity index (χ3n) is 0.489. The fraction of sp³-hybridized carbons (Fsp3) is 1.00. The van der Waals surface area contributed by atoms with Gasteiger partial charge in [-0.2, -0.15) is 0 Å². The first-order valence-electron chi connectivity index (χ1n) is 3.72. The van der Waals surface area contributed by atoms with Gasteiger partial charge in [0.25, 0.3) is 0 Å². The van der Waals surface area contributed by atoms with Crippen molar-refractivity contribution in [1.29, 1.82) is 2.56 Å². The van der Waals surface area contributed by atoms with Gasteiger partial charge in [0, 0.05) is 14.2 Å². The number of aliphatic hydroxyl groups is 2. The van der Waals surface area contributed by atoms with Crippen molar-refractivity contribution < 1.29 is 19.7 Å². The van der Waals surface area contributed by atoms with E-state index in [0.29, 0.717) is 17.5 Å². The molecule has 4 nitrogen and oxygen atoms in total. The molecule has 2 unspecified atom stereocenters. The predicted molar refractivity (Wildman–Crippen MR) is 60.6 cm³/mol. The van der Waals surface area contributed by atoms with Gasteiger partial charge in [0.2, 0.25) is 0 Å². The van der Waals surface area contributed by atoms with Crippen molar-refractivity contribution in [2.24, 2.45) is 0 Å². The van der Waals surface area contributed by atoms with Crippen LogP contribution in [0.2, 0.25) is 0 Å². The van der Waals surface area contributed by atoms with Crippen LogP contribution in [0, 0.1) is 0 Å². The molecule has 0 saturated carbocycles. The largest absolute Gasteiger partial charge is 0.392 e. The van der Waals surface area contributed by atoms with Crippen molar-refractivity contribution in [3.63, 3.8) is 0 Å². The fourth-order valence-electron chi connectivity index (χ4n) is 0.172. The molecule has 8 heteroatoms. The molecule has 0 aliphatic rings. The van der Waals surface area contributed by atoms with Gasteiger partial charge in [-0.1, -0.05) is 8.53 Å². The molecular weight excluding hydrogens is 238 g/mol. The van der Waals surface area contributed by atoms with Crippen LogP contribution in [0.5, 0.6) is 0 Å². The number of aliphatic hydroxyl groups excluding tert-OH is 2. The summed E-state index contributed by atoms with van der Waals surface area (Å²) in [5.41, 5.74) is 0.706. The zero-order chi connectivity index (χ0) is 11.4. The Labute approximate surface area is 87.0 Å².